The average Bonchev–Trinajstić information content (AvgIpc) is 2.58. The maximum absolute atomic E-state index is 12.8. The van der Waals surface area contributed by atoms with Gasteiger partial charge in [-0.2, -0.15) is 4.31 Å². The normalized spacial score (nSPS) is 22.1. The van der Waals surface area contributed by atoms with Crippen LogP contribution in [0.25, 0.3) is 0 Å². The predicted octanol–water partition coefficient (Wildman–Crippen LogP) is 1.56. The van der Waals surface area contributed by atoms with Gasteiger partial charge in [0.2, 0.25) is 10.0 Å². The van der Waals surface area contributed by atoms with Crippen molar-refractivity contribution in [1.29, 1.82) is 0 Å². The first-order valence-corrected chi connectivity index (χ1v) is 10.3. The van der Waals surface area contributed by atoms with E-state index in [2.05, 4.69) is 18.7 Å². The number of nitrogens with zero attached hydrogens (tertiary/aromatic N) is 2. The fourth-order valence-electron chi connectivity index (χ4n) is 3.55. The van der Waals surface area contributed by atoms with Gasteiger partial charge in [0.25, 0.3) is 0 Å². The van der Waals surface area contributed by atoms with Crippen LogP contribution in [0.4, 0.5) is 0 Å². The van der Waals surface area contributed by atoms with Gasteiger partial charge in [-0.15, -0.1) is 0 Å². The Morgan fingerprint density at radius 2 is 1.92 bits per heavy atom. The standard InChI is InChI=1S/C18H28N2O4S/c1-15(2)18(23-3)13-19(14-18)12-16-5-4-6-17(11-16)25(21,22)20-7-9-24-10-8-20/h4-6,11,15H,7-10,12-14H2,1-3H3. The Labute approximate surface area is 150 Å². The van der Waals surface area contributed by atoms with Crippen LogP contribution in [0.15, 0.2) is 29.2 Å². The van der Waals surface area contributed by atoms with Gasteiger partial charge in [0, 0.05) is 39.8 Å². The number of rotatable bonds is 6. The van der Waals surface area contributed by atoms with Gasteiger partial charge in [-0.25, -0.2) is 8.42 Å². The summed E-state index contributed by atoms with van der Waals surface area (Å²) in [5.41, 5.74) is 0.945. The molecule has 0 atom stereocenters. The van der Waals surface area contributed by atoms with Crippen LogP contribution in [0.2, 0.25) is 0 Å². The highest BCUT2D eigenvalue weighted by atomic mass is 32.2. The highest BCUT2D eigenvalue weighted by molar-refractivity contribution is 7.89. The summed E-state index contributed by atoms with van der Waals surface area (Å²) in [5.74, 6) is 0.460. The minimum atomic E-state index is -3.44. The molecule has 140 valence electrons. The lowest BCUT2D eigenvalue weighted by Gasteiger charge is -2.51. The molecule has 1 aromatic carbocycles. The maximum Gasteiger partial charge on any atom is 0.243 e. The number of sulfonamides is 1. The molecule has 2 fully saturated rings. The summed E-state index contributed by atoms with van der Waals surface area (Å²) in [6, 6.07) is 7.29. The lowest BCUT2D eigenvalue weighted by atomic mass is 9.82. The SMILES string of the molecule is COC1(C(C)C)CN(Cc2cccc(S(=O)(=O)N3CCOCC3)c2)C1. The molecule has 2 saturated heterocycles. The largest absolute Gasteiger partial charge is 0.379 e. The topological polar surface area (TPSA) is 59.1 Å². The Bertz CT molecular complexity index is 693. The van der Waals surface area contributed by atoms with E-state index in [1.165, 1.54) is 4.31 Å². The molecule has 0 bridgehead atoms. The van der Waals surface area contributed by atoms with Crippen molar-refractivity contribution in [3.05, 3.63) is 29.8 Å². The predicted molar refractivity (Wildman–Crippen MR) is 95.9 cm³/mol. The van der Waals surface area contributed by atoms with Crippen molar-refractivity contribution in [2.24, 2.45) is 5.92 Å². The summed E-state index contributed by atoms with van der Waals surface area (Å²) < 4.78 is 38.0. The molecule has 0 unspecified atom stereocenters. The minimum Gasteiger partial charge on any atom is -0.379 e. The second-order valence-electron chi connectivity index (χ2n) is 7.23. The molecule has 0 radical (unpaired) electrons. The zero-order valence-electron chi connectivity index (χ0n) is 15.3. The molecule has 0 aromatic heterocycles. The number of likely N-dealkylation sites (tertiary alicyclic amines) is 1. The van der Waals surface area contributed by atoms with E-state index < -0.39 is 10.0 Å². The molecule has 2 heterocycles. The summed E-state index contributed by atoms with van der Waals surface area (Å²) >= 11 is 0. The molecule has 3 rings (SSSR count). The molecule has 6 nitrogen and oxygen atoms in total. The molecule has 2 aliphatic rings. The zero-order valence-corrected chi connectivity index (χ0v) is 16.1. The molecule has 7 heteroatoms. The molecular formula is C18H28N2O4S. The Hall–Kier alpha value is -0.990. The van der Waals surface area contributed by atoms with E-state index in [0.717, 1.165) is 25.2 Å². The molecule has 25 heavy (non-hydrogen) atoms. The van der Waals surface area contributed by atoms with Gasteiger partial charge in [0.1, 0.15) is 0 Å². The van der Waals surface area contributed by atoms with E-state index in [0.29, 0.717) is 37.1 Å². The number of ether oxygens (including phenoxy) is 2. The van der Waals surface area contributed by atoms with Gasteiger partial charge in [-0.3, -0.25) is 4.90 Å². The third-order valence-electron chi connectivity index (χ3n) is 5.35. The summed E-state index contributed by atoms with van der Waals surface area (Å²) in [6.07, 6.45) is 0. The van der Waals surface area contributed by atoms with Crippen LogP contribution < -0.4 is 0 Å². The first kappa shape index (κ1) is 18.8. The number of methoxy groups -OCH3 is 1. The number of morpholine rings is 1. The molecule has 0 aliphatic carbocycles. The van der Waals surface area contributed by atoms with E-state index in [1.807, 2.05) is 12.1 Å². The van der Waals surface area contributed by atoms with Gasteiger partial charge in [0.05, 0.1) is 23.7 Å². The lowest BCUT2D eigenvalue weighted by molar-refractivity contribution is -0.154. The van der Waals surface area contributed by atoms with Crippen LogP contribution in [0.3, 0.4) is 0 Å². The third-order valence-corrected chi connectivity index (χ3v) is 7.25. The monoisotopic (exact) mass is 368 g/mol. The van der Waals surface area contributed by atoms with Crippen molar-refractivity contribution >= 4 is 10.0 Å². The molecular weight excluding hydrogens is 340 g/mol. The first-order chi connectivity index (χ1) is 11.9. The number of hydrogen-bond donors (Lipinski definition) is 0. The Kier molecular flexibility index (Phi) is 5.51. The maximum atomic E-state index is 12.8. The molecule has 2 aliphatic heterocycles. The van der Waals surface area contributed by atoms with E-state index in [9.17, 15) is 8.42 Å². The summed E-state index contributed by atoms with van der Waals surface area (Å²) in [4.78, 5) is 2.67. The second kappa shape index (κ2) is 7.32. The number of benzene rings is 1. The van der Waals surface area contributed by atoms with E-state index >= 15 is 0 Å². The van der Waals surface area contributed by atoms with Crippen molar-refractivity contribution in [3.8, 4) is 0 Å². The fraction of sp³-hybridized carbons (Fsp3) is 0.667. The van der Waals surface area contributed by atoms with Gasteiger partial charge in [-0.1, -0.05) is 26.0 Å². The quantitative estimate of drug-likeness (QED) is 0.763. The number of hydrogen-bond acceptors (Lipinski definition) is 5. The molecule has 0 spiro atoms. The van der Waals surface area contributed by atoms with Gasteiger partial charge in [-0.05, 0) is 23.6 Å². The van der Waals surface area contributed by atoms with Gasteiger partial charge >= 0.3 is 0 Å². The Morgan fingerprint density at radius 3 is 2.52 bits per heavy atom. The molecule has 0 amide bonds. The summed E-state index contributed by atoms with van der Waals surface area (Å²) in [7, 11) is -1.67. The zero-order chi connectivity index (χ0) is 18.1. The van der Waals surface area contributed by atoms with Crippen molar-refractivity contribution in [3.63, 3.8) is 0 Å². The average molecular weight is 368 g/mol. The smallest absolute Gasteiger partial charge is 0.243 e. The highest BCUT2D eigenvalue weighted by Gasteiger charge is 2.45. The second-order valence-corrected chi connectivity index (χ2v) is 9.17. The molecule has 1 aromatic rings. The summed E-state index contributed by atoms with van der Waals surface area (Å²) in [5, 5.41) is 0. The fourth-order valence-corrected chi connectivity index (χ4v) is 5.03. The van der Waals surface area contributed by atoms with Gasteiger partial charge in [0.15, 0.2) is 0 Å². The van der Waals surface area contributed by atoms with Crippen molar-refractivity contribution in [2.45, 2.75) is 30.9 Å². The van der Waals surface area contributed by atoms with E-state index in [4.69, 9.17) is 9.47 Å². The van der Waals surface area contributed by atoms with Crippen LogP contribution in [0.5, 0.6) is 0 Å². The van der Waals surface area contributed by atoms with Gasteiger partial charge < -0.3 is 9.47 Å². The van der Waals surface area contributed by atoms with Crippen molar-refractivity contribution < 1.29 is 17.9 Å². The van der Waals surface area contributed by atoms with Crippen LogP contribution >= 0.6 is 0 Å². The van der Waals surface area contributed by atoms with Crippen LogP contribution in [0, 0.1) is 5.92 Å². The third kappa shape index (κ3) is 3.75. The van der Waals surface area contributed by atoms with E-state index in [1.54, 1.807) is 19.2 Å². The van der Waals surface area contributed by atoms with E-state index in [-0.39, 0.29) is 5.60 Å². The first-order valence-electron chi connectivity index (χ1n) is 8.82. The molecule has 0 N–H and O–H groups in total. The Balaban J connectivity index is 1.68. The van der Waals surface area contributed by atoms with Crippen LogP contribution in [0.1, 0.15) is 19.4 Å². The van der Waals surface area contributed by atoms with Crippen LogP contribution in [-0.4, -0.2) is 69.7 Å². The highest BCUT2D eigenvalue weighted by Crippen LogP contribution is 2.33. The van der Waals surface area contributed by atoms with Crippen molar-refractivity contribution in [1.82, 2.24) is 9.21 Å². The van der Waals surface area contributed by atoms with Crippen molar-refractivity contribution in [2.75, 3.05) is 46.5 Å². The molecule has 0 saturated carbocycles. The lowest BCUT2D eigenvalue weighted by Crippen LogP contribution is -2.64. The minimum absolute atomic E-state index is 0.0719. The Morgan fingerprint density at radius 1 is 1.24 bits per heavy atom. The van der Waals surface area contributed by atoms with Crippen LogP contribution in [-0.2, 0) is 26.0 Å². The summed E-state index contributed by atoms with van der Waals surface area (Å²) in [6.45, 7) is 8.61.